The summed E-state index contributed by atoms with van der Waals surface area (Å²) < 4.78 is 0. The van der Waals surface area contributed by atoms with Crippen LogP contribution in [0, 0.1) is 10.8 Å². The molecule has 1 fully saturated rings. The van der Waals surface area contributed by atoms with Crippen molar-refractivity contribution in [1.82, 2.24) is 4.98 Å². The smallest absolute Gasteiger partial charge is 0.0425 e. The Morgan fingerprint density at radius 1 is 1.05 bits per heavy atom. The van der Waals surface area contributed by atoms with Crippen LogP contribution in [0.2, 0.25) is 0 Å². The molecular formula is C16H21N3. The minimum absolute atomic E-state index is 0.313. The Morgan fingerprint density at radius 3 is 2.37 bits per heavy atom. The summed E-state index contributed by atoms with van der Waals surface area (Å²) in [5.41, 5.74) is 8.57. The van der Waals surface area contributed by atoms with Gasteiger partial charge in [0.05, 0.1) is 0 Å². The van der Waals surface area contributed by atoms with E-state index in [2.05, 4.69) is 44.1 Å². The molecule has 1 aromatic heterocycles. The molecule has 3 N–H and O–H groups in total. The number of benzene rings is 1. The van der Waals surface area contributed by atoms with Gasteiger partial charge in [-0.3, -0.25) is 4.98 Å². The number of nitrogens with zero attached hydrogens (tertiary/aromatic N) is 1. The van der Waals surface area contributed by atoms with Gasteiger partial charge in [0, 0.05) is 40.6 Å². The third kappa shape index (κ3) is 1.61. The molecule has 0 amide bonds. The molecule has 0 unspecified atom stereocenters. The number of nitrogens with two attached hydrogens (primary N) is 1. The fourth-order valence-corrected chi connectivity index (χ4v) is 3.05. The highest BCUT2D eigenvalue weighted by molar-refractivity contribution is 6.00. The van der Waals surface area contributed by atoms with Gasteiger partial charge >= 0.3 is 0 Å². The predicted molar refractivity (Wildman–Crippen MR) is 81.1 cm³/mol. The van der Waals surface area contributed by atoms with E-state index in [-0.39, 0.29) is 0 Å². The van der Waals surface area contributed by atoms with Crippen LogP contribution in [0.4, 0.5) is 11.4 Å². The summed E-state index contributed by atoms with van der Waals surface area (Å²) in [7, 11) is 0. The Balaban J connectivity index is 2.02. The van der Waals surface area contributed by atoms with Crippen molar-refractivity contribution in [3.8, 4) is 0 Å². The van der Waals surface area contributed by atoms with Gasteiger partial charge in [0.15, 0.2) is 0 Å². The lowest BCUT2D eigenvalue weighted by molar-refractivity contribution is 0.457. The number of rotatable bonds is 2. The van der Waals surface area contributed by atoms with Crippen LogP contribution in [-0.4, -0.2) is 11.0 Å². The highest BCUT2D eigenvalue weighted by Crippen LogP contribution is 2.63. The van der Waals surface area contributed by atoms with Crippen LogP contribution in [0.25, 0.3) is 10.8 Å². The molecule has 3 nitrogen and oxygen atoms in total. The maximum atomic E-state index is 6.01. The van der Waals surface area contributed by atoms with Crippen molar-refractivity contribution in [2.75, 3.05) is 11.1 Å². The molecule has 19 heavy (non-hydrogen) atoms. The van der Waals surface area contributed by atoms with E-state index in [9.17, 15) is 0 Å². The maximum Gasteiger partial charge on any atom is 0.0425 e. The van der Waals surface area contributed by atoms with E-state index in [4.69, 9.17) is 5.73 Å². The first-order valence-corrected chi connectivity index (χ1v) is 6.74. The van der Waals surface area contributed by atoms with E-state index in [0.29, 0.717) is 16.9 Å². The molecule has 1 aliphatic carbocycles. The zero-order valence-electron chi connectivity index (χ0n) is 12.0. The van der Waals surface area contributed by atoms with Crippen LogP contribution < -0.4 is 11.1 Å². The summed E-state index contributed by atoms with van der Waals surface area (Å²) >= 11 is 0. The van der Waals surface area contributed by atoms with E-state index in [0.717, 1.165) is 22.1 Å². The number of nitrogens with one attached hydrogen (secondary N) is 1. The van der Waals surface area contributed by atoms with Crippen molar-refractivity contribution in [2.24, 2.45) is 10.8 Å². The SMILES string of the molecule is CC1(C)C(Nc2ccc(N)c3cnccc23)C1(C)C. The monoisotopic (exact) mass is 255 g/mol. The average Bonchev–Trinajstić information content (AvgIpc) is 2.75. The van der Waals surface area contributed by atoms with Gasteiger partial charge in [0.1, 0.15) is 0 Å². The molecule has 0 saturated heterocycles. The Morgan fingerprint density at radius 2 is 1.74 bits per heavy atom. The first kappa shape index (κ1) is 12.3. The second-order valence-corrected chi connectivity index (χ2v) is 6.64. The standard InChI is InChI=1S/C16H21N3/c1-15(2)14(16(15,3)4)19-13-6-5-12(17)11-9-18-8-7-10(11)13/h5-9,14,19H,17H2,1-4H3. The largest absolute Gasteiger partial charge is 0.398 e. The van der Waals surface area contributed by atoms with E-state index in [1.54, 1.807) is 0 Å². The zero-order valence-corrected chi connectivity index (χ0v) is 12.0. The lowest BCUT2D eigenvalue weighted by atomic mass is 10.0. The molecule has 2 aromatic rings. The lowest BCUT2D eigenvalue weighted by Gasteiger charge is -2.12. The maximum absolute atomic E-state index is 6.01. The topological polar surface area (TPSA) is 50.9 Å². The summed E-state index contributed by atoms with van der Waals surface area (Å²) in [6, 6.07) is 6.53. The molecule has 1 aromatic carbocycles. The van der Waals surface area contributed by atoms with Crippen molar-refractivity contribution in [3.63, 3.8) is 0 Å². The first-order chi connectivity index (χ1) is 8.85. The fourth-order valence-electron chi connectivity index (χ4n) is 3.05. The molecule has 0 atom stereocenters. The minimum Gasteiger partial charge on any atom is -0.398 e. The molecule has 0 spiro atoms. The number of pyridine rings is 1. The number of fused-ring (bicyclic) bond motifs is 1. The number of hydrogen-bond acceptors (Lipinski definition) is 3. The zero-order chi connectivity index (χ0) is 13.8. The Labute approximate surface area is 114 Å². The molecule has 100 valence electrons. The summed E-state index contributed by atoms with van der Waals surface area (Å²) in [5.74, 6) is 0. The second-order valence-electron chi connectivity index (χ2n) is 6.64. The van der Waals surface area contributed by atoms with Gasteiger partial charge < -0.3 is 11.1 Å². The normalized spacial score (nSPS) is 20.4. The van der Waals surface area contributed by atoms with Crippen molar-refractivity contribution >= 4 is 22.1 Å². The number of aromatic nitrogens is 1. The molecule has 0 aliphatic heterocycles. The van der Waals surface area contributed by atoms with Crippen molar-refractivity contribution < 1.29 is 0 Å². The van der Waals surface area contributed by atoms with Crippen molar-refractivity contribution in [2.45, 2.75) is 33.7 Å². The van der Waals surface area contributed by atoms with Crippen LogP contribution in [0.15, 0.2) is 30.6 Å². The van der Waals surface area contributed by atoms with Crippen molar-refractivity contribution in [3.05, 3.63) is 30.6 Å². The summed E-state index contributed by atoms with van der Waals surface area (Å²) in [6.45, 7) is 9.24. The van der Waals surface area contributed by atoms with E-state index in [1.165, 1.54) is 0 Å². The van der Waals surface area contributed by atoms with E-state index < -0.39 is 0 Å². The van der Waals surface area contributed by atoms with E-state index in [1.807, 2.05) is 24.5 Å². The number of hydrogen-bond donors (Lipinski definition) is 2. The van der Waals surface area contributed by atoms with Gasteiger partial charge in [-0.1, -0.05) is 27.7 Å². The molecule has 3 rings (SSSR count). The predicted octanol–water partition coefficient (Wildman–Crippen LogP) is 3.66. The third-order valence-electron chi connectivity index (χ3n) is 5.17. The summed E-state index contributed by atoms with van der Waals surface area (Å²) in [4.78, 5) is 4.16. The van der Waals surface area contributed by atoms with Crippen LogP contribution in [0.3, 0.4) is 0 Å². The number of nitrogen functional groups attached to an aromatic ring is 1. The molecule has 0 radical (unpaired) electrons. The molecule has 1 aliphatic rings. The summed E-state index contributed by atoms with van der Waals surface area (Å²) in [6.07, 6.45) is 3.65. The molecule has 1 saturated carbocycles. The van der Waals surface area contributed by atoms with Crippen LogP contribution in [-0.2, 0) is 0 Å². The number of anilines is 2. The average molecular weight is 255 g/mol. The molecule has 3 heteroatoms. The Hall–Kier alpha value is -1.77. The fraction of sp³-hybridized carbons (Fsp3) is 0.438. The van der Waals surface area contributed by atoms with Gasteiger partial charge in [-0.25, -0.2) is 0 Å². The molecule has 0 bridgehead atoms. The van der Waals surface area contributed by atoms with Gasteiger partial charge in [-0.05, 0) is 29.0 Å². The van der Waals surface area contributed by atoms with Crippen LogP contribution in [0.5, 0.6) is 0 Å². The third-order valence-corrected chi connectivity index (χ3v) is 5.17. The van der Waals surface area contributed by atoms with Crippen LogP contribution in [0.1, 0.15) is 27.7 Å². The lowest BCUT2D eigenvalue weighted by Crippen LogP contribution is -2.10. The Kier molecular flexibility index (Phi) is 2.34. The highest BCUT2D eigenvalue weighted by atomic mass is 15.0. The van der Waals surface area contributed by atoms with Crippen LogP contribution >= 0.6 is 0 Å². The van der Waals surface area contributed by atoms with E-state index >= 15 is 0 Å². The summed E-state index contributed by atoms with van der Waals surface area (Å²) in [5, 5.41) is 5.85. The van der Waals surface area contributed by atoms with Gasteiger partial charge in [0.25, 0.3) is 0 Å². The second kappa shape index (κ2) is 3.62. The molecule has 1 heterocycles. The van der Waals surface area contributed by atoms with Crippen molar-refractivity contribution in [1.29, 1.82) is 0 Å². The Bertz CT molecular complexity index is 629. The van der Waals surface area contributed by atoms with Gasteiger partial charge in [0.2, 0.25) is 0 Å². The molecular weight excluding hydrogens is 234 g/mol. The van der Waals surface area contributed by atoms with Gasteiger partial charge in [-0.15, -0.1) is 0 Å². The first-order valence-electron chi connectivity index (χ1n) is 6.74. The quantitative estimate of drug-likeness (QED) is 0.805. The minimum atomic E-state index is 0.313. The van der Waals surface area contributed by atoms with Gasteiger partial charge in [-0.2, -0.15) is 0 Å². The highest BCUT2D eigenvalue weighted by Gasteiger charge is 2.64.